The smallest absolute Gasteiger partial charge is 0.146 e. The van der Waals surface area contributed by atoms with Crippen molar-refractivity contribution in [1.82, 2.24) is 0 Å². The van der Waals surface area contributed by atoms with Gasteiger partial charge in [-0.15, -0.1) is 0 Å². The summed E-state index contributed by atoms with van der Waals surface area (Å²) in [4.78, 5) is 0. The van der Waals surface area contributed by atoms with Crippen molar-refractivity contribution < 1.29 is 4.39 Å². The lowest BCUT2D eigenvalue weighted by atomic mass is 9.81. The maximum absolute atomic E-state index is 13.9. The molecular weight excluding hydrogens is 317 g/mol. The first-order valence-electron chi connectivity index (χ1n) is 6.95. The van der Waals surface area contributed by atoms with Crippen molar-refractivity contribution >= 4 is 21.6 Å². The van der Waals surface area contributed by atoms with Crippen molar-refractivity contribution in [2.24, 2.45) is 0 Å². The Morgan fingerprint density at radius 1 is 1.10 bits per heavy atom. The first-order chi connectivity index (χ1) is 9.65. The molecule has 104 valence electrons. The second kappa shape index (κ2) is 5.57. The zero-order chi connectivity index (χ0) is 14.1. The van der Waals surface area contributed by atoms with Crippen molar-refractivity contribution in [3.05, 3.63) is 63.9 Å². The van der Waals surface area contributed by atoms with Gasteiger partial charge in [-0.05, 0) is 48.1 Å². The van der Waals surface area contributed by atoms with Crippen LogP contribution >= 0.6 is 15.9 Å². The number of nitrogens with one attached hydrogen (secondary N) is 1. The van der Waals surface area contributed by atoms with Crippen LogP contribution in [-0.4, -0.2) is 0 Å². The Morgan fingerprint density at radius 3 is 2.65 bits per heavy atom. The van der Waals surface area contributed by atoms with Gasteiger partial charge >= 0.3 is 0 Å². The molecule has 2 unspecified atom stereocenters. The molecule has 3 rings (SSSR count). The second-order valence-electron chi connectivity index (χ2n) is 5.43. The number of benzene rings is 2. The summed E-state index contributed by atoms with van der Waals surface area (Å²) < 4.78 is 14.8. The molecule has 1 aliphatic rings. The molecule has 2 aromatic rings. The molecule has 2 atom stereocenters. The van der Waals surface area contributed by atoms with Crippen molar-refractivity contribution in [3.8, 4) is 0 Å². The Kier molecular flexibility index (Phi) is 3.79. The molecule has 0 bridgehead atoms. The minimum atomic E-state index is -0.204. The van der Waals surface area contributed by atoms with Gasteiger partial charge in [0.2, 0.25) is 0 Å². The summed E-state index contributed by atoms with van der Waals surface area (Å²) in [6.45, 7) is 2.26. The van der Waals surface area contributed by atoms with Crippen molar-refractivity contribution in [1.29, 1.82) is 0 Å². The predicted octanol–water partition coefficient (Wildman–Crippen LogP) is 5.64. The maximum atomic E-state index is 13.9. The van der Waals surface area contributed by atoms with Gasteiger partial charge in [-0.25, -0.2) is 4.39 Å². The molecule has 0 heterocycles. The molecule has 1 nitrogen and oxygen atoms in total. The average molecular weight is 334 g/mol. The third-order valence-electron chi connectivity index (χ3n) is 4.05. The number of hydrogen-bond acceptors (Lipinski definition) is 1. The van der Waals surface area contributed by atoms with Crippen molar-refractivity contribution in [3.63, 3.8) is 0 Å². The first kappa shape index (κ1) is 13.6. The van der Waals surface area contributed by atoms with Crippen LogP contribution in [0.2, 0.25) is 0 Å². The van der Waals surface area contributed by atoms with Crippen molar-refractivity contribution in [2.45, 2.75) is 31.7 Å². The molecule has 0 fully saturated rings. The van der Waals surface area contributed by atoms with E-state index in [4.69, 9.17) is 0 Å². The zero-order valence-corrected chi connectivity index (χ0v) is 13.0. The van der Waals surface area contributed by atoms with Crippen LogP contribution in [0.25, 0.3) is 0 Å². The zero-order valence-electron chi connectivity index (χ0n) is 11.4. The van der Waals surface area contributed by atoms with Gasteiger partial charge in [0, 0.05) is 4.47 Å². The van der Waals surface area contributed by atoms with Crippen LogP contribution in [-0.2, 0) is 0 Å². The summed E-state index contributed by atoms with van der Waals surface area (Å²) in [5.41, 5.74) is 3.24. The van der Waals surface area contributed by atoms with E-state index in [1.807, 2.05) is 0 Å². The lowest BCUT2D eigenvalue weighted by Gasteiger charge is -2.31. The van der Waals surface area contributed by atoms with Gasteiger partial charge in [0.1, 0.15) is 5.82 Å². The number of anilines is 1. The Labute approximate surface area is 127 Å². The molecule has 0 radical (unpaired) electrons. The van der Waals surface area contributed by atoms with Crippen LogP contribution in [0.1, 0.15) is 42.9 Å². The summed E-state index contributed by atoms with van der Waals surface area (Å²) in [5.74, 6) is 0.376. The fraction of sp³-hybridized carbons (Fsp3) is 0.294. The van der Waals surface area contributed by atoms with E-state index in [1.54, 1.807) is 12.1 Å². The molecule has 0 spiro atoms. The number of rotatable bonds is 2. The van der Waals surface area contributed by atoms with Gasteiger partial charge < -0.3 is 5.32 Å². The molecule has 20 heavy (non-hydrogen) atoms. The summed E-state index contributed by atoms with van der Waals surface area (Å²) in [5, 5.41) is 3.36. The Balaban J connectivity index is 1.92. The van der Waals surface area contributed by atoms with E-state index < -0.39 is 0 Å². The number of hydrogen-bond donors (Lipinski definition) is 1. The van der Waals surface area contributed by atoms with E-state index in [2.05, 4.69) is 52.4 Å². The van der Waals surface area contributed by atoms with Crippen LogP contribution in [0.4, 0.5) is 10.1 Å². The van der Waals surface area contributed by atoms with Crippen LogP contribution in [0.3, 0.4) is 0 Å². The number of fused-ring (bicyclic) bond motifs is 1. The van der Waals surface area contributed by atoms with E-state index in [0.717, 1.165) is 17.3 Å². The third kappa shape index (κ3) is 2.59. The molecule has 2 aromatic carbocycles. The summed E-state index contributed by atoms with van der Waals surface area (Å²) in [7, 11) is 0. The van der Waals surface area contributed by atoms with E-state index in [0.29, 0.717) is 11.6 Å². The highest BCUT2D eigenvalue weighted by atomic mass is 79.9. The molecule has 0 aromatic heterocycles. The molecule has 0 amide bonds. The van der Waals surface area contributed by atoms with Crippen LogP contribution < -0.4 is 5.32 Å². The van der Waals surface area contributed by atoms with E-state index in [-0.39, 0.29) is 11.9 Å². The van der Waals surface area contributed by atoms with Gasteiger partial charge in [0.15, 0.2) is 0 Å². The molecule has 1 aliphatic carbocycles. The first-order valence-corrected chi connectivity index (χ1v) is 7.75. The largest absolute Gasteiger partial charge is 0.376 e. The minimum absolute atomic E-state index is 0.186. The average Bonchev–Trinajstić information content (AvgIpc) is 2.46. The topological polar surface area (TPSA) is 12.0 Å². The van der Waals surface area contributed by atoms with E-state index >= 15 is 0 Å². The maximum Gasteiger partial charge on any atom is 0.146 e. The van der Waals surface area contributed by atoms with Crippen LogP contribution in [0, 0.1) is 5.82 Å². The fourth-order valence-electron chi connectivity index (χ4n) is 2.95. The highest BCUT2D eigenvalue weighted by Gasteiger charge is 2.24. The lowest BCUT2D eigenvalue weighted by Crippen LogP contribution is -2.19. The summed E-state index contributed by atoms with van der Waals surface area (Å²) in [6.07, 6.45) is 2.16. The fourth-order valence-corrected chi connectivity index (χ4v) is 3.31. The molecule has 0 aliphatic heterocycles. The standard InChI is InChI=1S/C17H17BrFN/c1-11-6-9-16(14-5-3-2-4-13(11)14)20-17-10-12(18)7-8-15(17)19/h2-5,7-8,10-11,16,20H,6,9H2,1H3. The van der Waals surface area contributed by atoms with E-state index in [9.17, 15) is 4.39 Å². The van der Waals surface area contributed by atoms with Crippen molar-refractivity contribution in [2.75, 3.05) is 5.32 Å². The summed E-state index contributed by atoms with van der Waals surface area (Å²) >= 11 is 3.40. The molecule has 1 N–H and O–H groups in total. The minimum Gasteiger partial charge on any atom is -0.376 e. The molecule has 0 saturated carbocycles. The lowest BCUT2D eigenvalue weighted by molar-refractivity contribution is 0.531. The second-order valence-corrected chi connectivity index (χ2v) is 6.34. The quantitative estimate of drug-likeness (QED) is 0.749. The van der Waals surface area contributed by atoms with Crippen LogP contribution in [0.15, 0.2) is 46.9 Å². The molecule has 0 saturated heterocycles. The normalized spacial score (nSPS) is 21.4. The predicted molar refractivity (Wildman–Crippen MR) is 84.6 cm³/mol. The van der Waals surface area contributed by atoms with Gasteiger partial charge in [-0.1, -0.05) is 47.1 Å². The summed E-state index contributed by atoms with van der Waals surface area (Å²) in [6, 6.07) is 13.7. The SMILES string of the molecule is CC1CCC(Nc2cc(Br)ccc2F)c2ccccc21. The molecular formula is C17H17BrFN. The van der Waals surface area contributed by atoms with Gasteiger partial charge in [-0.3, -0.25) is 0 Å². The highest BCUT2D eigenvalue weighted by molar-refractivity contribution is 9.10. The van der Waals surface area contributed by atoms with Gasteiger partial charge in [-0.2, -0.15) is 0 Å². The number of halogens is 2. The van der Waals surface area contributed by atoms with Gasteiger partial charge in [0.05, 0.1) is 11.7 Å². The third-order valence-corrected chi connectivity index (χ3v) is 4.54. The van der Waals surface area contributed by atoms with E-state index in [1.165, 1.54) is 17.2 Å². The Hall–Kier alpha value is -1.35. The molecule has 3 heteroatoms. The van der Waals surface area contributed by atoms with Crippen LogP contribution in [0.5, 0.6) is 0 Å². The Morgan fingerprint density at radius 2 is 1.85 bits per heavy atom. The highest BCUT2D eigenvalue weighted by Crippen LogP contribution is 2.39. The monoisotopic (exact) mass is 333 g/mol. The Bertz CT molecular complexity index is 626. The van der Waals surface area contributed by atoms with Gasteiger partial charge in [0.25, 0.3) is 0 Å².